The molecule has 0 saturated heterocycles. The van der Waals surface area contributed by atoms with Crippen molar-refractivity contribution in [2.75, 3.05) is 24.4 Å². The van der Waals surface area contributed by atoms with Crippen molar-refractivity contribution >= 4 is 51.6 Å². The third-order valence-corrected chi connectivity index (χ3v) is 10.1. The second kappa shape index (κ2) is 14.6. The maximum Gasteiger partial charge on any atom is 0.341 e. The van der Waals surface area contributed by atoms with Crippen molar-refractivity contribution in [3.05, 3.63) is 106 Å². The molecule has 9 heteroatoms. The van der Waals surface area contributed by atoms with Crippen LogP contribution in [0.25, 0.3) is 0 Å². The minimum absolute atomic E-state index is 0.174. The second-order valence-electron chi connectivity index (χ2n) is 10.5. The molecule has 2 atom stereocenters. The van der Waals surface area contributed by atoms with E-state index in [1.54, 1.807) is 38.3 Å². The van der Waals surface area contributed by atoms with Gasteiger partial charge in [-0.1, -0.05) is 49.4 Å². The Bertz CT molecular complexity index is 1640. The number of fused-ring (bicyclic) bond motifs is 1. The van der Waals surface area contributed by atoms with Crippen molar-refractivity contribution in [2.24, 2.45) is 0 Å². The zero-order valence-electron chi connectivity index (χ0n) is 25.1. The Hall–Kier alpha value is -4.08. The molecule has 2 unspecified atom stereocenters. The summed E-state index contributed by atoms with van der Waals surface area (Å²) in [5.41, 5.74) is 3.89. The summed E-state index contributed by atoms with van der Waals surface area (Å²) in [5, 5.41) is 6.16. The van der Waals surface area contributed by atoms with Crippen LogP contribution in [0.15, 0.2) is 83.8 Å². The fraction of sp³-hybridized carbons (Fsp3) is 0.286. The number of thiophene rings is 1. The Labute approximate surface area is 266 Å². The van der Waals surface area contributed by atoms with E-state index in [9.17, 15) is 14.4 Å². The number of hydrogen-bond acceptors (Lipinski definition) is 7. The topological polar surface area (TPSA) is 93.7 Å². The predicted octanol–water partition coefficient (Wildman–Crippen LogP) is 7.97. The Kier molecular flexibility index (Phi) is 10.4. The van der Waals surface area contributed by atoms with Crippen LogP contribution in [0.4, 0.5) is 10.7 Å². The van der Waals surface area contributed by atoms with Crippen molar-refractivity contribution in [3.63, 3.8) is 0 Å². The van der Waals surface area contributed by atoms with Crippen molar-refractivity contribution in [1.29, 1.82) is 0 Å². The molecule has 228 valence electrons. The Balaban J connectivity index is 1.31. The number of methoxy groups -OCH3 is 1. The molecule has 4 aromatic rings. The molecule has 0 aliphatic heterocycles. The van der Waals surface area contributed by atoms with E-state index in [0.29, 0.717) is 39.9 Å². The van der Waals surface area contributed by atoms with Gasteiger partial charge in [0.25, 0.3) is 5.91 Å². The van der Waals surface area contributed by atoms with E-state index in [0.717, 1.165) is 34.6 Å². The van der Waals surface area contributed by atoms with Gasteiger partial charge in [0.05, 0.1) is 24.5 Å². The average molecular weight is 629 g/mol. The lowest BCUT2D eigenvalue weighted by molar-refractivity contribution is -0.115. The van der Waals surface area contributed by atoms with Crippen molar-refractivity contribution in [3.8, 4) is 5.75 Å². The first-order valence-corrected chi connectivity index (χ1v) is 16.5. The van der Waals surface area contributed by atoms with Crippen molar-refractivity contribution in [1.82, 2.24) is 0 Å². The highest BCUT2D eigenvalue weighted by molar-refractivity contribution is 8.00. The van der Waals surface area contributed by atoms with Crippen LogP contribution >= 0.6 is 23.1 Å². The van der Waals surface area contributed by atoms with Gasteiger partial charge in [0.1, 0.15) is 10.8 Å². The molecule has 7 nitrogen and oxygen atoms in total. The van der Waals surface area contributed by atoms with Gasteiger partial charge in [-0.3, -0.25) is 9.59 Å². The van der Waals surface area contributed by atoms with Crippen LogP contribution in [0.2, 0.25) is 0 Å². The maximum atomic E-state index is 13.6. The minimum atomic E-state index is -0.412. The summed E-state index contributed by atoms with van der Waals surface area (Å²) in [5.74, 6) is 0.160. The third kappa shape index (κ3) is 7.34. The normalized spacial score (nSPS) is 14.7. The lowest BCUT2D eigenvalue weighted by Crippen LogP contribution is -2.25. The summed E-state index contributed by atoms with van der Waals surface area (Å²) < 4.78 is 10.7. The molecular weight excluding hydrogens is 593 g/mol. The Morgan fingerprint density at radius 2 is 1.77 bits per heavy atom. The molecule has 0 radical (unpaired) electrons. The van der Waals surface area contributed by atoms with E-state index in [2.05, 4.69) is 34.9 Å². The number of carbonyl (C=O) groups is 3. The summed E-state index contributed by atoms with van der Waals surface area (Å²) in [6, 6.07) is 24.8. The van der Waals surface area contributed by atoms with Gasteiger partial charge >= 0.3 is 5.97 Å². The summed E-state index contributed by atoms with van der Waals surface area (Å²) >= 11 is 2.91. The average Bonchev–Trinajstić information content (AvgIpc) is 3.41. The van der Waals surface area contributed by atoms with Gasteiger partial charge in [0, 0.05) is 21.0 Å². The number of anilines is 2. The Morgan fingerprint density at radius 1 is 0.977 bits per heavy atom. The maximum absolute atomic E-state index is 13.6. The van der Waals surface area contributed by atoms with Crippen LogP contribution in [0, 0.1) is 0 Å². The second-order valence-corrected chi connectivity index (χ2v) is 12.9. The van der Waals surface area contributed by atoms with Gasteiger partial charge < -0.3 is 20.1 Å². The van der Waals surface area contributed by atoms with Crippen LogP contribution < -0.4 is 15.4 Å². The van der Waals surface area contributed by atoms with E-state index >= 15 is 0 Å². The molecule has 0 fully saturated rings. The number of thioether (sulfide) groups is 1. The molecule has 1 aromatic heterocycles. The highest BCUT2D eigenvalue weighted by atomic mass is 32.2. The summed E-state index contributed by atoms with van der Waals surface area (Å²) in [6.45, 7) is 4.01. The molecule has 0 spiro atoms. The van der Waals surface area contributed by atoms with Gasteiger partial charge in [0.15, 0.2) is 0 Å². The van der Waals surface area contributed by atoms with E-state index in [-0.39, 0.29) is 18.4 Å². The Morgan fingerprint density at radius 3 is 2.52 bits per heavy atom. The quantitative estimate of drug-likeness (QED) is 0.129. The molecule has 2 N–H and O–H groups in total. The molecular formula is C35H36N2O5S2. The van der Waals surface area contributed by atoms with E-state index in [1.165, 1.54) is 28.7 Å². The first kappa shape index (κ1) is 31.3. The number of benzene rings is 3. The van der Waals surface area contributed by atoms with Crippen LogP contribution in [0.1, 0.15) is 69.3 Å². The van der Waals surface area contributed by atoms with Gasteiger partial charge in [-0.2, -0.15) is 0 Å². The lowest BCUT2D eigenvalue weighted by Gasteiger charge is -2.23. The molecule has 0 saturated carbocycles. The largest absolute Gasteiger partial charge is 0.497 e. The molecule has 1 heterocycles. The zero-order valence-corrected chi connectivity index (χ0v) is 26.7. The number of rotatable bonds is 11. The van der Waals surface area contributed by atoms with Gasteiger partial charge in [-0.05, 0) is 86.1 Å². The third-order valence-electron chi connectivity index (χ3n) is 7.62. The number of amides is 2. The van der Waals surface area contributed by atoms with Gasteiger partial charge in [-0.25, -0.2) is 4.79 Å². The standard InChI is InChI=1S/C35H36N2O5S2/c1-4-29(43-27-16-10-14-25(21-27)36-32(38)24-13-9-15-26(19-24)41-3)33(39)37-34-31(35(40)42-5-2)28-18-17-23(20-30(28)44-34)22-11-7-6-8-12-22/h6-16,19,21,23,29H,4-5,17-18,20H2,1-3H3,(H,36,38)(H,37,39). The molecule has 5 rings (SSSR count). The highest BCUT2D eigenvalue weighted by Gasteiger charge is 2.32. The number of esters is 1. The lowest BCUT2D eigenvalue weighted by atomic mass is 9.83. The number of nitrogens with one attached hydrogen (secondary N) is 2. The fourth-order valence-corrected chi connectivity index (χ4v) is 7.73. The summed E-state index contributed by atoms with van der Waals surface area (Å²) in [4.78, 5) is 41.5. The number of hydrogen-bond donors (Lipinski definition) is 2. The summed E-state index contributed by atoms with van der Waals surface area (Å²) in [6.07, 6.45) is 3.10. The van der Waals surface area contributed by atoms with Gasteiger partial charge in [0.2, 0.25) is 5.91 Å². The first-order valence-electron chi connectivity index (χ1n) is 14.8. The molecule has 44 heavy (non-hydrogen) atoms. The molecule has 1 aliphatic carbocycles. The van der Waals surface area contributed by atoms with Gasteiger partial charge in [-0.15, -0.1) is 23.1 Å². The smallest absolute Gasteiger partial charge is 0.341 e. The number of ether oxygens (including phenoxy) is 2. The molecule has 2 amide bonds. The van der Waals surface area contributed by atoms with Crippen LogP contribution in [0.5, 0.6) is 5.75 Å². The van der Waals surface area contributed by atoms with E-state index < -0.39 is 11.2 Å². The molecule has 0 bridgehead atoms. The van der Waals surface area contributed by atoms with Crippen molar-refractivity contribution < 1.29 is 23.9 Å². The predicted molar refractivity (Wildman–Crippen MR) is 177 cm³/mol. The fourth-order valence-electron chi connectivity index (χ4n) is 5.40. The summed E-state index contributed by atoms with van der Waals surface area (Å²) in [7, 11) is 1.56. The minimum Gasteiger partial charge on any atom is -0.497 e. The van der Waals surface area contributed by atoms with Crippen LogP contribution in [0.3, 0.4) is 0 Å². The van der Waals surface area contributed by atoms with E-state index in [1.807, 2.05) is 37.3 Å². The molecule has 1 aliphatic rings. The monoisotopic (exact) mass is 628 g/mol. The highest BCUT2D eigenvalue weighted by Crippen LogP contribution is 2.43. The van der Waals surface area contributed by atoms with Crippen LogP contribution in [-0.4, -0.2) is 36.8 Å². The first-order chi connectivity index (χ1) is 21.4. The SMILES string of the molecule is CCOC(=O)c1c(NC(=O)C(CC)Sc2cccc(NC(=O)c3cccc(OC)c3)c2)sc2c1CCC(c1ccccc1)C2. The van der Waals surface area contributed by atoms with Crippen molar-refractivity contribution in [2.45, 2.75) is 55.6 Å². The molecule has 3 aromatic carbocycles. The van der Waals surface area contributed by atoms with E-state index in [4.69, 9.17) is 9.47 Å². The number of carbonyl (C=O) groups excluding carboxylic acids is 3. The van der Waals surface area contributed by atoms with Crippen LogP contribution in [-0.2, 0) is 22.4 Å². The zero-order chi connectivity index (χ0) is 31.1.